The Morgan fingerprint density at radius 3 is 2.59 bits per heavy atom. The van der Waals surface area contributed by atoms with Crippen molar-refractivity contribution in [1.82, 2.24) is 10.6 Å². The minimum atomic E-state index is 0.471. The zero-order valence-corrected chi connectivity index (χ0v) is 12.0. The van der Waals surface area contributed by atoms with Crippen molar-refractivity contribution in [2.24, 2.45) is 5.92 Å². The standard InChI is InChI=1S/C14H30N2O/c1-11(2)14(10-17-4)16-12(3)9-13-7-5-6-8-15-13/h11-16H,5-10H2,1-4H3. The van der Waals surface area contributed by atoms with Gasteiger partial charge >= 0.3 is 0 Å². The second kappa shape index (κ2) is 8.06. The third-order valence-electron chi connectivity index (χ3n) is 3.70. The first-order valence-electron chi connectivity index (χ1n) is 7.11. The molecule has 0 aromatic heterocycles. The summed E-state index contributed by atoms with van der Waals surface area (Å²) in [6, 6.07) is 1.74. The van der Waals surface area contributed by atoms with Gasteiger partial charge in [0.05, 0.1) is 6.61 Å². The molecule has 1 rings (SSSR count). The lowest BCUT2D eigenvalue weighted by Crippen LogP contribution is -2.46. The quantitative estimate of drug-likeness (QED) is 0.718. The van der Waals surface area contributed by atoms with Gasteiger partial charge in [0.25, 0.3) is 0 Å². The maximum absolute atomic E-state index is 5.28. The Hall–Kier alpha value is -0.120. The lowest BCUT2D eigenvalue weighted by Gasteiger charge is -2.30. The van der Waals surface area contributed by atoms with Crippen LogP contribution in [0.15, 0.2) is 0 Å². The van der Waals surface area contributed by atoms with Crippen molar-refractivity contribution < 1.29 is 4.74 Å². The summed E-state index contributed by atoms with van der Waals surface area (Å²) in [5.74, 6) is 0.622. The van der Waals surface area contributed by atoms with E-state index in [0.717, 1.165) is 6.61 Å². The third-order valence-corrected chi connectivity index (χ3v) is 3.70. The fourth-order valence-electron chi connectivity index (χ4n) is 2.60. The topological polar surface area (TPSA) is 33.3 Å². The Kier molecular flexibility index (Phi) is 7.09. The van der Waals surface area contributed by atoms with Gasteiger partial charge in [-0.05, 0) is 38.6 Å². The highest BCUT2D eigenvalue weighted by atomic mass is 16.5. The summed E-state index contributed by atoms with van der Waals surface area (Å²) in [4.78, 5) is 0. The fourth-order valence-corrected chi connectivity index (χ4v) is 2.60. The van der Waals surface area contributed by atoms with Crippen molar-refractivity contribution in [3.8, 4) is 0 Å². The highest BCUT2D eigenvalue weighted by molar-refractivity contribution is 4.80. The molecule has 1 saturated heterocycles. The van der Waals surface area contributed by atoms with E-state index in [1.165, 1.54) is 32.2 Å². The number of hydrogen-bond acceptors (Lipinski definition) is 3. The average molecular weight is 242 g/mol. The van der Waals surface area contributed by atoms with Crippen molar-refractivity contribution in [2.45, 2.75) is 64.6 Å². The molecule has 1 heterocycles. The molecule has 0 radical (unpaired) electrons. The smallest absolute Gasteiger partial charge is 0.0618 e. The normalized spacial score (nSPS) is 24.9. The average Bonchev–Trinajstić information content (AvgIpc) is 2.29. The van der Waals surface area contributed by atoms with Crippen LogP contribution in [0.25, 0.3) is 0 Å². The van der Waals surface area contributed by atoms with Crippen LogP contribution in [0.4, 0.5) is 0 Å². The summed E-state index contributed by atoms with van der Waals surface area (Å²) in [6.45, 7) is 8.80. The molecule has 0 aromatic carbocycles. The van der Waals surface area contributed by atoms with Crippen LogP contribution in [0.5, 0.6) is 0 Å². The van der Waals surface area contributed by atoms with E-state index in [9.17, 15) is 0 Å². The predicted molar refractivity (Wildman–Crippen MR) is 73.4 cm³/mol. The minimum absolute atomic E-state index is 0.471. The van der Waals surface area contributed by atoms with Crippen molar-refractivity contribution in [2.75, 3.05) is 20.3 Å². The van der Waals surface area contributed by atoms with Crippen LogP contribution in [-0.2, 0) is 4.74 Å². The molecule has 17 heavy (non-hydrogen) atoms. The molecule has 102 valence electrons. The summed E-state index contributed by atoms with van der Waals surface area (Å²) in [5.41, 5.74) is 0. The molecule has 1 aliphatic heterocycles. The molecule has 0 bridgehead atoms. The summed E-state index contributed by atoms with van der Waals surface area (Å²) >= 11 is 0. The van der Waals surface area contributed by atoms with Crippen molar-refractivity contribution in [3.05, 3.63) is 0 Å². The lowest BCUT2D eigenvalue weighted by molar-refractivity contribution is 0.139. The van der Waals surface area contributed by atoms with Crippen LogP contribution in [0, 0.1) is 5.92 Å². The molecule has 0 spiro atoms. The molecular formula is C14H30N2O. The Bertz CT molecular complexity index is 191. The van der Waals surface area contributed by atoms with Crippen LogP contribution in [0.1, 0.15) is 46.5 Å². The molecule has 3 heteroatoms. The highest BCUT2D eigenvalue weighted by Gasteiger charge is 2.19. The second-order valence-electron chi connectivity index (χ2n) is 5.76. The predicted octanol–water partition coefficient (Wildman–Crippen LogP) is 2.17. The molecular weight excluding hydrogens is 212 g/mol. The van der Waals surface area contributed by atoms with Gasteiger partial charge in [0, 0.05) is 25.2 Å². The van der Waals surface area contributed by atoms with E-state index >= 15 is 0 Å². The summed E-state index contributed by atoms with van der Waals surface area (Å²) < 4.78 is 5.28. The van der Waals surface area contributed by atoms with Crippen LogP contribution in [0.3, 0.4) is 0 Å². The fraction of sp³-hybridized carbons (Fsp3) is 1.00. The van der Waals surface area contributed by atoms with Crippen LogP contribution >= 0.6 is 0 Å². The number of ether oxygens (including phenoxy) is 1. The van der Waals surface area contributed by atoms with Gasteiger partial charge in [0.2, 0.25) is 0 Å². The Morgan fingerprint density at radius 2 is 2.06 bits per heavy atom. The second-order valence-corrected chi connectivity index (χ2v) is 5.76. The van der Waals surface area contributed by atoms with E-state index in [-0.39, 0.29) is 0 Å². The Balaban J connectivity index is 2.27. The van der Waals surface area contributed by atoms with E-state index < -0.39 is 0 Å². The Labute approximate surface area is 107 Å². The summed E-state index contributed by atoms with van der Waals surface area (Å²) in [5, 5.41) is 7.31. The molecule has 1 fully saturated rings. The van der Waals surface area contributed by atoms with Crippen LogP contribution < -0.4 is 10.6 Å². The number of hydrogen-bond donors (Lipinski definition) is 2. The van der Waals surface area contributed by atoms with Gasteiger partial charge in [0.15, 0.2) is 0 Å². The summed E-state index contributed by atoms with van der Waals surface area (Å²) in [6.07, 6.45) is 5.29. The SMILES string of the molecule is COCC(NC(C)CC1CCCCN1)C(C)C. The number of methoxy groups -OCH3 is 1. The zero-order valence-electron chi connectivity index (χ0n) is 12.0. The van der Waals surface area contributed by atoms with Gasteiger partial charge in [-0.15, -0.1) is 0 Å². The number of nitrogens with one attached hydrogen (secondary N) is 2. The first kappa shape index (κ1) is 14.9. The van der Waals surface area contributed by atoms with E-state index in [1.54, 1.807) is 7.11 Å². The Morgan fingerprint density at radius 1 is 1.29 bits per heavy atom. The first-order chi connectivity index (χ1) is 8.13. The molecule has 2 N–H and O–H groups in total. The lowest BCUT2D eigenvalue weighted by atomic mass is 9.97. The van der Waals surface area contributed by atoms with E-state index in [2.05, 4.69) is 31.4 Å². The van der Waals surface area contributed by atoms with Crippen LogP contribution in [0.2, 0.25) is 0 Å². The van der Waals surface area contributed by atoms with Gasteiger partial charge < -0.3 is 15.4 Å². The third kappa shape index (κ3) is 5.84. The number of rotatable bonds is 7. The minimum Gasteiger partial charge on any atom is -0.383 e. The molecule has 0 aliphatic carbocycles. The van der Waals surface area contributed by atoms with Gasteiger partial charge in [-0.3, -0.25) is 0 Å². The van der Waals surface area contributed by atoms with E-state index in [1.807, 2.05) is 0 Å². The zero-order chi connectivity index (χ0) is 12.7. The van der Waals surface area contributed by atoms with Gasteiger partial charge in [-0.1, -0.05) is 20.3 Å². The van der Waals surface area contributed by atoms with Crippen LogP contribution in [-0.4, -0.2) is 38.4 Å². The first-order valence-corrected chi connectivity index (χ1v) is 7.11. The molecule has 3 atom stereocenters. The molecule has 0 amide bonds. The molecule has 0 aromatic rings. The molecule has 0 saturated carbocycles. The molecule has 3 nitrogen and oxygen atoms in total. The van der Waals surface area contributed by atoms with Gasteiger partial charge in [0.1, 0.15) is 0 Å². The van der Waals surface area contributed by atoms with E-state index in [0.29, 0.717) is 24.0 Å². The van der Waals surface area contributed by atoms with Gasteiger partial charge in [-0.25, -0.2) is 0 Å². The van der Waals surface area contributed by atoms with Crippen molar-refractivity contribution >= 4 is 0 Å². The van der Waals surface area contributed by atoms with Crippen molar-refractivity contribution in [3.63, 3.8) is 0 Å². The van der Waals surface area contributed by atoms with E-state index in [4.69, 9.17) is 4.74 Å². The molecule has 3 unspecified atom stereocenters. The maximum Gasteiger partial charge on any atom is 0.0618 e. The molecule has 1 aliphatic rings. The maximum atomic E-state index is 5.28. The summed E-state index contributed by atoms with van der Waals surface area (Å²) in [7, 11) is 1.78. The highest BCUT2D eigenvalue weighted by Crippen LogP contribution is 2.13. The largest absolute Gasteiger partial charge is 0.383 e. The number of piperidine rings is 1. The monoisotopic (exact) mass is 242 g/mol. The van der Waals surface area contributed by atoms with Gasteiger partial charge in [-0.2, -0.15) is 0 Å². The van der Waals surface area contributed by atoms with Crippen molar-refractivity contribution in [1.29, 1.82) is 0 Å².